The van der Waals surface area contributed by atoms with Crippen LogP contribution >= 0.6 is 0 Å². The van der Waals surface area contributed by atoms with Crippen molar-refractivity contribution in [2.45, 2.75) is 38.9 Å². The number of para-hydroxylation sites is 1. The molecular weight excluding hydrogens is 292 g/mol. The van der Waals surface area contributed by atoms with Crippen LogP contribution in [0.5, 0.6) is 5.75 Å². The summed E-state index contributed by atoms with van der Waals surface area (Å²) < 4.78 is 11.3. The van der Waals surface area contributed by atoms with Gasteiger partial charge < -0.3 is 14.4 Å². The molecule has 23 heavy (non-hydrogen) atoms. The molecule has 0 N–H and O–H groups in total. The molecule has 1 atom stereocenters. The number of likely N-dealkylation sites (tertiary alicyclic amines) is 1. The predicted molar refractivity (Wildman–Crippen MR) is 87.0 cm³/mol. The molecule has 5 nitrogen and oxygen atoms in total. The summed E-state index contributed by atoms with van der Waals surface area (Å²) in [5.41, 5.74) is 0.448. The number of carbonyl (C=O) groups is 1. The molecule has 2 rings (SSSR count). The summed E-state index contributed by atoms with van der Waals surface area (Å²) in [4.78, 5) is 14.7. The van der Waals surface area contributed by atoms with Crippen molar-refractivity contribution in [3.05, 3.63) is 29.8 Å². The number of benzene rings is 1. The van der Waals surface area contributed by atoms with Crippen molar-refractivity contribution in [2.24, 2.45) is 5.92 Å². The molecule has 0 saturated carbocycles. The first-order valence-corrected chi connectivity index (χ1v) is 8.04. The number of ether oxygens (including phenoxy) is 2. The van der Waals surface area contributed by atoms with E-state index in [2.05, 4.69) is 6.07 Å². The normalized spacial score (nSPS) is 16.9. The molecule has 0 bridgehead atoms. The summed E-state index contributed by atoms with van der Waals surface area (Å²) in [6.45, 7) is 5.28. The summed E-state index contributed by atoms with van der Waals surface area (Å²) in [5, 5.41) is 9.17. The van der Waals surface area contributed by atoms with Crippen molar-refractivity contribution in [3.63, 3.8) is 0 Å². The maximum Gasteiger partial charge on any atom is 0.263 e. The highest BCUT2D eigenvalue weighted by Gasteiger charge is 2.32. The quantitative estimate of drug-likeness (QED) is 0.837. The number of amides is 1. The fraction of sp³-hybridized carbons (Fsp3) is 0.556. The van der Waals surface area contributed by atoms with Crippen LogP contribution in [0.25, 0.3) is 0 Å². The Hall–Kier alpha value is -2.06. The molecule has 124 valence electrons. The van der Waals surface area contributed by atoms with Crippen LogP contribution in [0, 0.1) is 17.2 Å². The van der Waals surface area contributed by atoms with Crippen molar-refractivity contribution in [1.82, 2.24) is 4.90 Å². The smallest absolute Gasteiger partial charge is 0.263 e. The zero-order valence-electron chi connectivity index (χ0n) is 14.0. The maximum atomic E-state index is 12.8. The molecular formula is C18H24N2O3. The number of carbonyl (C=O) groups excluding carboxylic acids is 1. The molecule has 1 amide bonds. The highest BCUT2D eigenvalue weighted by molar-refractivity contribution is 5.81. The van der Waals surface area contributed by atoms with E-state index < -0.39 is 6.10 Å². The SMILES string of the molecule is COC1CCN(C(=O)[C@@H](Oc2ccccc2C#N)C(C)C)CC1. The van der Waals surface area contributed by atoms with Gasteiger partial charge in [0.15, 0.2) is 6.10 Å². The highest BCUT2D eigenvalue weighted by atomic mass is 16.5. The molecule has 5 heteroatoms. The zero-order chi connectivity index (χ0) is 16.8. The fourth-order valence-electron chi connectivity index (χ4n) is 2.76. The van der Waals surface area contributed by atoms with E-state index in [9.17, 15) is 10.1 Å². The molecule has 0 spiro atoms. The number of piperidine rings is 1. The third-order valence-electron chi connectivity index (χ3n) is 4.20. The van der Waals surface area contributed by atoms with Gasteiger partial charge in [-0.25, -0.2) is 0 Å². The van der Waals surface area contributed by atoms with Crippen LogP contribution in [0.2, 0.25) is 0 Å². The predicted octanol–water partition coefficient (Wildman–Crippen LogP) is 2.60. The Kier molecular flexibility index (Phi) is 6.00. The van der Waals surface area contributed by atoms with E-state index >= 15 is 0 Å². The average Bonchev–Trinajstić information content (AvgIpc) is 2.59. The molecule has 0 aliphatic carbocycles. The van der Waals surface area contributed by atoms with Gasteiger partial charge in [-0.1, -0.05) is 26.0 Å². The Morgan fingerprint density at radius 2 is 1.96 bits per heavy atom. The van der Waals surface area contributed by atoms with Crippen molar-refractivity contribution < 1.29 is 14.3 Å². The van der Waals surface area contributed by atoms with Crippen LogP contribution in [0.4, 0.5) is 0 Å². The van der Waals surface area contributed by atoms with Crippen molar-refractivity contribution in [1.29, 1.82) is 5.26 Å². The Balaban J connectivity index is 2.09. The second kappa shape index (κ2) is 7.98. The lowest BCUT2D eigenvalue weighted by atomic mass is 10.0. The van der Waals surface area contributed by atoms with Crippen LogP contribution in [-0.2, 0) is 9.53 Å². The van der Waals surface area contributed by atoms with Gasteiger partial charge in [0.05, 0.1) is 11.7 Å². The lowest BCUT2D eigenvalue weighted by Crippen LogP contribution is -2.48. The van der Waals surface area contributed by atoms with Crippen molar-refractivity contribution in [2.75, 3.05) is 20.2 Å². The van der Waals surface area contributed by atoms with Crippen LogP contribution in [-0.4, -0.2) is 43.2 Å². The number of hydrogen-bond donors (Lipinski definition) is 0. The van der Waals surface area contributed by atoms with E-state index in [1.54, 1.807) is 25.3 Å². The number of methoxy groups -OCH3 is 1. The Labute approximate surface area is 137 Å². The van der Waals surface area contributed by atoms with Gasteiger partial charge in [0, 0.05) is 20.2 Å². The minimum Gasteiger partial charge on any atom is -0.479 e. The second-order valence-corrected chi connectivity index (χ2v) is 6.15. The minimum absolute atomic E-state index is 0.0118. The molecule has 1 aliphatic heterocycles. The van der Waals surface area contributed by atoms with Gasteiger partial charge in [-0.3, -0.25) is 4.79 Å². The molecule has 1 aromatic carbocycles. The first-order chi connectivity index (χ1) is 11.1. The van der Waals surface area contributed by atoms with Gasteiger partial charge >= 0.3 is 0 Å². The summed E-state index contributed by atoms with van der Waals surface area (Å²) in [7, 11) is 1.71. The van der Waals surface area contributed by atoms with Gasteiger partial charge in [0.25, 0.3) is 5.91 Å². The number of rotatable bonds is 5. The molecule has 1 aliphatic rings. The zero-order valence-corrected chi connectivity index (χ0v) is 14.0. The Bertz CT molecular complexity index is 572. The Morgan fingerprint density at radius 1 is 1.30 bits per heavy atom. The molecule has 1 fully saturated rings. The summed E-state index contributed by atoms with van der Waals surface area (Å²) in [6.07, 6.45) is 1.35. The van der Waals surface area contributed by atoms with Crippen molar-refractivity contribution in [3.8, 4) is 11.8 Å². The molecule has 1 aromatic rings. The average molecular weight is 316 g/mol. The molecule has 0 aromatic heterocycles. The van der Waals surface area contributed by atoms with Crippen LogP contribution in [0.15, 0.2) is 24.3 Å². The minimum atomic E-state index is -0.580. The fourth-order valence-corrected chi connectivity index (χ4v) is 2.76. The van der Waals surface area contributed by atoms with E-state index in [1.165, 1.54) is 0 Å². The monoisotopic (exact) mass is 316 g/mol. The standard InChI is InChI=1S/C18H24N2O3/c1-13(2)17(23-16-7-5-4-6-14(16)12-19)18(21)20-10-8-15(22-3)9-11-20/h4-7,13,15,17H,8-11H2,1-3H3/t17-/m0/s1. The lowest BCUT2D eigenvalue weighted by molar-refractivity contribution is -0.143. The second-order valence-electron chi connectivity index (χ2n) is 6.15. The van der Waals surface area contributed by atoms with E-state index in [1.807, 2.05) is 24.8 Å². The number of nitriles is 1. The first kappa shape index (κ1) is 17.3. The van der Waals surface area contributed by atoms with E-state index in [-0.39, 0.29) is 17.9 Å². The van der Waals surface area contributed by atoms with Gasteiger partial charge in [0.2, 0.25) is 0 Å². The molecule has 1 heterocycles. The number of hydrogen-bond acceptors (Lipinski definition) is 4. The first-order valence-electron chi connectivity index (χ1n) is 8.04. The van der Waals surface area contributed by atoms with E-state index in [0.29, 0.717) is 24.4 Å². The van der Waals surface area contributed by atoms with Crippen LogP contribution in [0.1, 0.15) is 32.3 Å². The van der Waals surface area contributed by atoms with E-state index in [0.717, 1.165) is 12.8 Å². The third kappa shape index (κ3) is 4.23. The van der Waals surface area contributed by atoms with E-state index in [4.69, 9.17) is 9.47 Å². The summed E-state index contributed by atoms with van der Waals surface area (Å²) in [5.74, 6) is 0.477. The molecule has 1 saturated heterocycles. The van der Waals surface area contributed by atoms with Gasteiger partial charge in [0.1, 0.15) is 11.8 Å². The summed E-state index contributed by atoms with van der Waals surface area (Å²) >= 11 is 0. The van der Waals surface area contributed by atoms with Crippen molar-refractivity contribution >= 4 is 5.91 Å². The van der Waals surface area contributed by atoms with Crippen LogP contribution < -0.4 is 4.74 Å². The highest BCUT2D eigenvalue weighted by Crippen LogP contribution is 2.23. The molecule has 0 radical (unpaired) electrons. The van der Waals surface area contributed by atoms with Gasteiger partial charge in [-0.15, -0.1) is 0 Å². The lowest BCUT2D eigenvalue weighted by Gasteiger charge is -2.34. The maximum absolute atomic E-state index is 12.8. The van der Waals surface area contributed by atoms with Crippen LogP contribution in [0.3, 0.4) is 0 Å². The topological polar surface area (TPSA) is 62.6 Å². The number of nitrogens with zero attached hydrogens (tertiary/aromatic N) is 2. The van der Waals surface area contributed by atoms with Gasteiger partial charge in [-0.05, 0) is 30.9 Å². The summed E-state index contributed by atoms with van der Waals surface area (Å²) in [6, 6.07) is 9.13. The largest absolute Gasteiger partial charge is 0.479 e. The van der Waals surface area contributed by atoms with Gasteiger partial charge in [-0.2, -0.15) is 5.26 Å². The Morgan fingerprint density at radius 3 is 2.52 bits per heavy atom. The molecule has 0 unspecified atom stereocenters. The third-order valence-corrected chi connectivity index (χ3v) is 4.20.